The second kappa shape index (κ2) is 3.84. The third-order valence-electron chi connectivity index (χ3n) is 3.02. The Hall–Kier alpha value is -1.46. The Kier molecular flexibility index (Phi) is 2.65. The van der Waals surface area contributed by atoms with Gasteiger partial charge in [0.1, 0.15) is 0 Å². The molecule has 0 aliphatic heterocycles. The maximum atomic E-state index is 9.56. The summed E-state index contributed by atoms with van der Waals surface area (Å²) < 4.78 is 0. The predicted octanol–water partition coefficient (Wildman–Crippen LogP) is 0.418. The number of rotatable bonds is 4. The second-order valence-electron chi connectivity index (χ2n) is 4.23. The Bertz CT molecular complexity index is 401. The number of hydrogen-bond donors (Lipinski definition) is 5. The van der Waals surface area contributed by atoms with Crippen LogP contribution in [0.2, 0.25) is 0 Å². The SMILES string of the molecule is OCC1(NCc2ccc(O)c(O)c2O)CC1. The number of nitrogens with one attached hydrogen (secondary N) is 1. The molecule has 16 heavy (non-hydrogen) atoms. The van der Waals surface area contributed by atoms with E-state index in [0.29, 0.717) is 12.1 Å². The van der Waals surface area contributed by atoms with Crippen molar-refractivity contribution in [2.45, 2.75) is 24.9 Å². The molecule has 5 nitrogen and oxygen atoms in total. The van der Waals surface area contributed by atoms with Crippen LogP contribution < -0.4 is 5.32 Å². The van der Waals surface area contributed by atoms with E-state index in [4.69, 9.17) is 10.2 Å². The number of aromatic hydroxyl groups is 3. The molecule has 0 heterocycles. The van der Waals surface area contributed by atoms with Gasteiger partial charge < -0.3 is 25.7 Å². The van der Waals surface area contributed by atoms with Gasteiger partial charge in [-0.2, -0.15) is 0 Å². The lowest BCUT2D eigenvalue weighted by molar-refractivity contribution is 0.229. The van der Waals surface area contributed by atoms with Gasteiger partial charge in [0.25, 0.3) is 0 Å². The van der Waals surface area contributed by atoms with Gasteiger partial charge in [0, 0.05) is 17.6 Å². The fourth-order valence-corrected chi connectivity index (χ4v) is 1.58. The van der Waals surface area contributed by atoms with Crippen LogP contribution in [0.4, 0.5) is 0 Å². The average molecular weight is 225 g/mol. The van der Waals surface area contributed by atoms with Gasteiger partial charge in [0.15, 0.2) is 11.5 Å². The molecule has 2 rings (SSSR count). The highest BCUT2D eigenvalue weighted by atomic mass is 16.3. The smallest absolute Gasteiger partial charge is 0.200 e. The zero-order valence-corrected chi connectivity index (χ0v) is 8.77. The van der Waals surface area contributed by atoms with Crippen molar-refractivity contribution in [2.24, 2.45) is 0 Å². The van der Waals surface area contributed by atoms with Gasteiger partial charge in [0.2, 0.25) is 5.75 Å². The van der Waals surface area contributed by atoms with Crippen LogP contribution >= 0.6 is 0 Å². The first kappa shape index (κ1) is 11.0. The molecule has 0 atom stereocenters. The quantitative estimate of drug-likeness (QED) is 0.479. The lowest BCUT2D eigenvalue weighted by Gasteiger charge is -2.15. The van der Waals surface area contributed by atoms with E-state index in [-0.39, 0.29) is 23.6 Å². The largest absolute Gasteiger partial charge is 0.504 e. The number of benzene rings is 1. The lowest BCUT2D eigenvalue weighted by atomic mass is 10.1. The number of phenols is 3. The van der Waals surface area contributed by atoms with Gasteiger partial charge in [-0.25, -0.2) is 0 Å². The summed E-state index contributed by atoms with van der Waals surface area (Å²) in [4.78, 5) is 0. The summed E-state index contributed by atoms with van der Waals surface area (Å²) >= 11 is 0. The van der Waals surface area contributed by atoms with E-state index in [1.165, 1.54) is 12.1 Å². The van der Waals surface area contributed by atoms with Crippen molar-refractivity contribution in [2.75, 3.05) is 6.61 Å². The van der Waals surface area contributed by atoms with Gasteiger partial charge in [-0.3, -0.25) is 0 Å². The molecule has 1 fully saturated rings. The number of phenolic OH excluding ortho intramolecular Hbond substituents is 3. The minimum Gasteiger partial charge on any atom is -0.504 e. The molecule has 1 aromatic carbocycles. The zero-order valence-electron chi connectivity index (χ0n) is 8.77. The first-order valence-electron chi connectivity index (χ1n) is 5.17. The molecule has 1 aromatic rings. The zero-order chi connectivity index (χ0) is 11.8. The van der Waals surface area contributed by atoms with Gasteiger partial charge in [-0.1, -0.05) is 6.07 Å². The molecule has 0 amide bonds. The summed E-state index contributed by atoms with van der Waals surface area (Å²) in [6.07, 6.45) is 1.82. The topological polar surface area (TPSA) is 93.0 Å². The van der Waals surface area contributed by atoms with E-state index in [1.54, 1.807) is 0 Å². The minimum atomic E-state index is -0.506. The fraction of sp³-hybridized carbons (Fsp3) is 0.455. The van der Waals surface area contributed by atoms with Crippen molar-refractivity contribution in [1.29, 1.82) is 0 Å². The summed E-state index contributed by atoms with van der Waals surface area (Å²) in [6.45, 7) is 0.415. The standard InChI is InChI=1S/C11H15NO4/c13-6-11(3-4-11)12-5-7-1-2-8(14)10(16)9(7)15/h1-2,12-16H,3-6H2. The Balaban J connectivity index is 2.07. The van der Waals surface area contributed by atoms with Crippen LogP contribution in [0.5, 0.6) is 17.2 Å². The molecule has 1 aliphatic carbocycles. The van der Waals surface area contributed by atoms with Gasteiger partial charge >= 0.3 is 0 Å². The third-order valence-corrected chi connectivity index (χ3v) is 3.02. The predicted molar refractivity (Wildman–Crippen MR) is 57.3 cm³/mol. The molecule has 5 heteroatoms. The molecule has 0 bridgehead atoms. The maximum Gasteiger partial charge on any atom is 0.200 e. The summed E-state index contributed by atoms with van der Waals surface area (Å²) in [5.41, 5.74) is 0.273. The van der Waals surface area contributed by atoms with Gasteiger partial charge in [0.05, 0.1) is 6.61 Å². The Morgan fingerprint density at radius 1 is 1.12 bits per heavy atom. The molecule has 0 radical (unpaired) electrons. The van der Waals surface area contributed by atoms with E-state index >= 15 is 0 Å². The summed E-state index contributed by atoms with van der Waals surface area (Å²) in [5, 5.41) is 40.2. The molecule has 0 aromatic heterocycles. The number of aliphatic hydroxyl groups is 1. The van der Waals surface area contributed by atoms with E-state index in [1.807, 2.05) is 0 Å². The van der Waals surface area contributed by atoms with Crippen LogP contribution in [-0.4, -0.2) is 32.6 Å². The van der Waals surface area contributed by atoms with Crippen LogP contribution in [0, 0.1) is 0 Å². The van der Waals surface area contributed by atoms with Crippen molar-refractivity contribution < 1.29 is 20.4 Å². The van der Waals surface area contributed by atoms with E-state index in [0.717, 1.165) is 12.8 Å². The highest BCUT2D eigenvalue weighted by Crippen LogP contribution is 2.39. The molecule has 0 unspecified atom stereocenters. The molecule has 88 valence electrons. The lowest BCUT2D eigenvalue weighted by Crippen LogP contribution is -2.34. The highest BCUT2D eigenvalue weighted by molar-refractivity contribution is 5.53. The van der Waals surface area contributed by atoms with Gasteiger partial charge in [-0.05, 0) is 18.9 Å². The number of hydrogen-bond acceptors (Lipinski definition) is 5. The van der Waals surface area contributed by atoms with Crippen molar-refractivity contribution in [3.8, 4) is 17.2 Å². The molecular weight excluding hydrogens is 210 g/mol. The fourth-order valence-electron chi connectivity index (χ4n) is 1.58. The van der Waals surface area contributed by atoms with Crippen molar-refractivity contribution in [3.05, 3.63) is 17.7 Å². The van der Waals surface area contributed by atoms with Gasteiger partial charge in [-0.15, -0.1) is 0 Å². The molecule has 1 saturated carbocycles. The van der Waals surface area contributed by atoms with Crippen LogP contribution in [-0.2, 0) is 6.54 Å². The monoisotopic (exact) mass is 225 g/mol. The second-order valence-corrected chi connectivity index (χ2v) is 4.23. The molecule has 0 spiro atoms. The van der Waals surface area contributed by atoms with E-state index in [2.05, 4.69) is 5.32 Å². The minimum absolute atomic E-state index is 0.0673. The summed E-state index contributed by atoms with van der Waals surface area (Å²) in [7, 11) is 0. The first-order chi connectivity index (χ1) is 7.58. The van der Waals surface area contributed by atoms with E-state index in [9.17, 15) is 10.2 Å². The Morgan fingerprint density at radius 2 is 1.81 bits per heavy atom. The number of aliphatic hydroxyl groups excluding tert-OH is 1. The van der Waals surface area contributed by atoms with Crippen LogP contribution in [0.25, 0.3) is 0 Å². The third kappa shape index (κ3) is 1.91. The first-order valence-corrected chi connectivity index (χ1v) is 5.17. The van der Waals surface area contributed by atoms with Crippen molar-refractivity contribution >= 4 is 0 Å². The molecule has 5 N–H and O–H groups in total. The van der Waals surface area contributed by atoms with E-state index < -0.39 is 5.75 Å². The Morgan fingerprint density at radius 3 is 2.38 bits per heavy atom. The van der Waals surface area contributed by atoms with Crippen LogP contribution in [0.1, 0.15) is 18.4 Å². The Labute approximate surface area is 93.0 Å². The highest BCUT2D eigenvalue weighted by Gasteiger charge is 2.41. The normalized spacial score (nSPS) is 17.3. The molecular formula is C11H15NO4. The summed E-state index contributed by atoms with van der Waals surface area (Å²) in [6, 6.07) is 2.86. The molecule has 0 saturated heterocycles. The van der Waals surface area contributed by atoms with Crippen LogP contribution in [0.15, 0.2) is 12.1 Å². The average Bonchev–Trinajstić information content (AvgIpc) is 3.06. The van der Waals surface area contributed by atoms with Crippen LogP contribution in [0.3, 0.4) is 0 Å². The van der Waals surface area contributed by atoms with Crippen molar-refractivity contribution in [1.82, 2.24) is 5.32 Å². The summed E-state index contributed by atoms with van der Waals surface area (Å²) in [5.74, 6) is -1.17. The molecule has 1 aliphatic rings. The van der Waals surface area contributed by atoms with Crippen molar-refractivity contribution in [3.63, 3.8) is 0 Å². The maximum absolute atomic E-state index is 9.56.